The molecule has 8 heteroatoms. The Labute approximate surface area is 143 Å². The largest absolute Gasteiger partial charge is 0.276 e. The molecule has 0 radical (unpaired) electrons. The van der Waals surface area contributed by atoms with Gasteiger partial charge >= 0.3 is 0 Å². The lowest BCUT2D eigenvalue weighted by atomic mass is 10.2. The lowest BCUT2D eigenvalue weighted by Gasteiger charge is -2.07. The lowest BCUT2D eigenvalue weighted by Crippen LogP contribution is -2.13. The molecule has 0 atom stereocenters. The quantitative estimate of drug-likeness (QED) is 0.725. The van der Waals surface area contributed by atoms with E-state index in [4.69, 9.17) is 23.2 Å². The molecule has 0 aliphatic heterocycles. The molecule has 3 aromatic rings. The molecular weight excluding hydrogens is 357 g/mol. The van der Waals surface area contributed by atoms with Crippen molar-refractivity contribution < 1.29 is 8.42 Å². The van der Waals surface area contributed by atoms with Crippen LogP contribution >= 0.6 is 23.2 Å². The highest BCUT2D eigenvalue weighted by atomic mass is 35.5. The van der Waals surface area contributed by atoms with Gasteiger partial charge in [-0.2, -0.15) is 5.10 Å². The van der Waals surface area contributed by atoms with Gasteiger partial charge in [-0.3, -0.25) is 9.82 Å². The van der Waals surface area contributed by atoms with E-state index < -0.39 is 10.0 Å². The molecular formula is C15H11Cl2N3O2S. The van der Waals surface area contributed by atoms with Crippen LogP contribution in [0.25, 0.3) is 11.3 Å². The van der Waals surface area contributed by atoms with Crippen molar-refractivity contribution in [1.82, 2.24) is 10.2 Å². The van der Waals surface area contributed by atoms with Crippen LogP contribution in [-0.4, -0.2) is 18.6 Å². The van der Waals surface area contributed by atoms with Crippen LogP contribution in [0.5, 0.6) is 0 Å². The van der Waals surface area contributed by atoms with Gasteiger partial charge in [-0.1, -0.05) is 53.5 Å². The Hall–Kier alpha value is -2.02. The van der Waals surface area contributed by atoms with Crippen LogP contribution in [0.1, 0.15) is 0 Å². The number of anilines is 1. The summed E-state index contributed by atoms with van der Waals surface area (Å²) in [5, 5.41) is 7.11. The number of sulfonamides is 1. The third kappa shape index (κ3) is 3.50. The van der Waals surface area contributed by atoms with E-state index in [0.717, 1.165) is 5.56 Å². The van der Waals surface area contributed by atoms with Crippen molar-refractivity contribution in [3.63, 3.8) is 0 Å². The first-order chi connectivity index (χ1) is 11.0. The zero-order valence-electron chi connectivity index (χ0n) is 11.6. The highest BCUT2D eigenvalue weighted by Gasteiger charge is 2.20. The van der Waals surface area contributed by atoms with E-state index in [9.17, 15) is 8.42 Å². The maximum absolute atomic E-state index is 12.4. The Kier molecular flexibility index (Phi) is 4.30. The molecule has 1 aromatic heterocycles. The number of hydrogen-bond acceptors (Lipinski definition) is 3. The minimum absolute atomic E-state index is 0.0840. The summed E-state index contributed by atoms with van der Waals surface area (Å²) in [5.41, 5.74) is 1.59. The second-order valence-electron chi connectivity index (χ2n) is 4.71. The van der Waals surface area contributed by atoms with Crippen molar-refractivity contribution in [1.29, 1.82) is 0 Å². The van der Waals surface area contributed by atoms with Crippen molar-refractivity contribution in [2.75, 3.05) is 4.72 Å². The van der Waals surface area contributed by atoms with Gasteiger partial charge in [-0.05, 0) is 23.8 Å². The van der Waals surface area contributed by atoms with E-state index in [2.05, 4.69) is 14.9 Å². The van der Waals surface area contributed by atoms with E-state index in [0.29, 0.717) is 5.69 Å². The van der Waals surface area contributed by atoms with Crippen LogP contribution in [0.15, 0.2) is 59.5 Å². The van der Waals surface area contributed by atoms with Gasteiger partial charge in [0, 0.05) is 11.1 Å². The van der Waals surface area contributed by atoms with E-state index in [1.165, 1.54) is 18.2 Å². The second kappa shape index (κ2) is 6.23. The third-order valence-corrected chi connectivity index (χ3v) is 5.16. The predicted octanol–water partition coefficient (Wildman–Crippen LogP) is 4.18. The first kappa shape index (κ1) is 15.9. The molecule has 2 N–H and O–H groups in total. The molecule has 0 bridgehead atoms. The van der Waals surface area contributed by atoms with E-state index >= 15 is 0 Å². The number of nitrogens with one attached hydrogen (secondary N) is 2. The van der Waals surface area contributed by atoms with Crippen LogP contribution in [0.3, 0.4) is 0 Å². The Morgan fingerprint density at radius 3 is 2.48 bits per heavy atom. The van der Waals surface area contributed by atoms with Crippen molar-refractivity contribution in [3.05, 3.63) is 64.6 Å². The minimum atomic E-state index is -3.88. The average molecular weight is 368 g/mol. The fourth-order valence-electron chi connectivity index (χ4n) is 2.02. The maximum atomic E-state index is 12.4. The SMILES string of the molecule is O=S(=O)(Nc1cc(-c2ccccc2)[nH]n1)c1cc(Cl)ccc1Cl. The summed E-state index contributed by atoms with van der Waals surface area (Å²) in [6.07, 6.45) is 0. The van der Waals surface area contributed by atoms with Crippen LogP contribution in [0.4, 0.5) is 5.82 Å². The summed E-state index contributed by atoms with van der Waals surface area (Å²) in [6.45, 7) is 0. The molecule has 5 nitrogen and oxygen atoms in total. The average Bonchev–Trinajstić information content (AvgIpc) is 2.98. The summed E-state index contributed by atoms with van der Waals surface area (Å²) in [4.78, 5) is -0.101. The Morgan fingerprint density at radius 2 is 1.74 bits per heavy atom. The second-order valence-corrected chi connectivity index (χ2v) is 7.21. The molecule has 1 heterocycles. The number of benzene rings is 2. The minimum Gasteiger partial charge on any atom is -0.276 e. The zero-order chi connectivity index (χ0) is 16.4. The van der Waals surface area contributed by atoms with E-state index in [1.54, 1.807) is 6.07 Å². The zero-order valence-corrected chi connectivity index (χ0v) is 14.0. The first-order valence-corrected chi connectivity index (χ1v) is 8.78. The molecule has 118 valence electrons. The summed E-state index contributed by atoms with van der Waals surface area (Å²) in [5.74, 6) is 0.167. The molecule has 0 unspecified atom stereocenters. The number of aromatic nitrogens is 2. The number of hydrogen-bond donors (Lipinski definition) is 2. The Bertz CT molecular complexity index is 940. The van der Waals surface area contributed by atoms with Gasteiger partial charge < -0.3 is 0 Å². The van der Waals surface area contributed by atoms with Gasteiger partial charge in [0.2, 0.25) is 0 Å². The molecule has 3 rings (SSSR count). The van der Waals surface area contributed by atoms with Gasteiger partial charge in [0.25, 0.3) is 10.0 Å². The monoisotopic (exact) mass is 367 g/mol. The molecule has 0 saturated heterocycles. The summed E-state index contributed by atoms with van der Waals surface area (Å²) >= 11 is 11.8. The van der Waals surface area contributed by atoms with Crippen molar-refractivity contribution in [3.8, 4) is 11.3 Å². The molecule has 0 saturated carbocycles. The Morgan fingerprint density at radius 1 is 1.00 bits per heavy atom. The number of aromatic amines is 1. The summed E-state index contributed by atoms with van der Waals surface area (Å²) in [7, 11) is -3.88. The van der Waals surface area contributed by atoms with E-state index in [-0.39, 0.29) is 20.8 Å². The van der Waals surface area contributed by atoms with Crippen LogP contribution in [0.2, 0.25) is 10.0 Å². The smallest absolute Gasteiger partial charge is 0.264 e. The van der Waals surface area contributed by atoms with Crippen molar-refractivity contribution >= 4 is 39.0 Å². The van der Waals surface area contributed by atoms with Crippen LogP contribution < -0.4 is 4.72 Å². The van der Waals surface area contributed by atoms with Crippen molar-refractivity contribution in [2.24, 2.45) is 0 Å². The van der Waals surface area contributed by atoms with E-state index in [1.807, 2.05) is 30.3 Å². The van der Waals surface area contributed by atoms with Crippen LogP contribution in [0, 0.1) is 0 Å². The lowest BCUT2D eigenvalue weighted by molar-refractivity contribution is 0.601. The van der Waals surface area contributed by atoms with Gasteiger partial charge in [-0.25, -0.2) is 8.42 Å². The van der Waals surface area contributed by atoms with Gasteiger partial charge in [-0.15, -0.1) is 0 Å². The fourth-order valence-corrected chi connectivity index (χ4v) is 3.77. The molecule has 0 fully saturated rings. The van der Waals surface area contributed by atoms with Gasteiger partial charge in [0.05, 0.1) is 10.7 Å². The molecule has 0 aliphatic rings. The van der Waals surface area contributed by atoms with Gasteiger partial charge in [0.15, 0.2) is 5.82 Å². The summed E-state index contributed by atoms with van der Waals surface area (Å²) in [6, 6.07) is 15.3. The normalized spacial score (nSPS) is 11.4. The van der Waals surface area contributed by atoms with Gasteiger partial charge in [0.1, 0.15) is 4.90 Å². The highest BCUT2D eigenvalue weighted by molar-refractivity contribution is 7.92. The number of H-pyrrole nitrogens is 1. The first-order valence-electron chi connectivity index (χ1n) is 6.54. The maximum Gasteiger partial charge on any atom is 0.264 e. The highest BCUT2D eigenvalue weighted by Crippen LogP contribution is 2.27. The predicted molar refractivity (Wildman–Crippen MR) is 91.3 cm³/mol. The summed E-state index contributed by atoms with van der Waals surface area (Å²) < 4.78 is 27.2. The number of rotatable bonds is 4. The molecule has 23 heavy (non-hydrogen) atoms. The fraction of sp³-hybridized carbons (Fsp3) is 0. The standard InChI is InChI=1S/C15H11Cl2N3O2S/c16-11-6-7-12(17)14(8-11)23(21,22)20-15-9-13(18-19-15)10-4-2-1-3-5-10/h1-9H,(H2,18,19,20). The van der Waals surface area contributed by atoms with Crippen LogP contribution in [-0.2, 0) is 10.0 Å². The number of nitrogens with zero attached hydrogens (tertiary/aromatic N) is 1. The molecule has 0 amide bonds. The molecule has 2 aromatic carbocycles. The molecule has 0 aliphatic carbocycles. The topological polar surface area (TPSA) is 74.8 Å². The Balaban J connectivity index is 1.90. The molecule has 0 spiro atoms. The van der Waals surface area contributed by atoms with Crippen molar-refractivity contribution in [2.45, 2.75) is 4.90 Å². The number of halogens is 2. The third-order valence-electron chi connectivity index (χ3n) is 3.08.